The van der Waals surface area contributed by atoms with Gasteiger partial charge in [-0.05, 0) is 30.7 Å². The van der Waals surface area contributed by atoms with Crippen molar-refractivity contribution in [1.82, 2.24) is 10.3 Å². The maximum atomic E-state index is 13.9. The minimum absolute atomic E-state index is 0.0811. The van der Waals surface area contributed by atoms with Crippen molar-refractivity contribution in [3.05, 3.63) is 59.4 Å². The monoisotopic (exact) mass is 340 g/mol. The van der Waals surface area contributed by atoms with Gasteiger partial charge in [-0.3, -0.25) is 4.79 Å². The number of amides is 1. The van der Waals surface area contributed by atoms with Gasteiger partial charge >= 0.3 is 0 Å². The number of pyridine rings is 1. The summed E-state index contributed by atoms with van der Waals surface area (Å²) in [6, 6.07) is 5.34. The zero-order valence-corrected chi connectivity index (χ0v) is 13.2. The van der Waals surface area contributed by atoms with E-state index in [1.807, 2.05) is 0 Å². The van der Waals surface area contributed by atoms with Crippen molar-refractivity contribution < 1.29 is 22.0 Å². The lowest BCUT2D eigenvalue weighted by molar-refractivity contribution is 0.0939. The van der Waals surface area contributed by atoms with Gasteiger partial charge in [0.05, 0.1) is 6.04 Å². The number of carbonyl (C=O) groups is 1. The number of aromatic nitrogens is 1. The minimum atomic E-state index is -3.66. The second-order valence-electron chi connectivity index (χ2n) is 5.02. The number of nitrogens with zero attached hydrogens (tertiary/aromatic N) is 1. The fourth-order valence-electron chi connectivity index (χ4n) is 1.99. The van der Waals surface area contributed by atoms with Crippen molar-refractivity contribution in [2.24, 2.45) is 0 Å². The number of sulfone groups is 1. The van der Waals surface area contributed by atoms with E-state index in [4.69, 9.17) is 0 Å². The summed E-state index contributed by atoms with van der Waals surface area (Å²) < 4.78 is 49.6. The van der Waals surface area contributed by atoms with E-state index < -0.39 is 38.4 Å². The number of nitrogens with one attached hydrogen (secondary N) is 1. The summed E-state index contributed by atoms with van der Waals surface area (Å²) >= 11 is 0. The first-order valence-electron chi connectivity index (χ1n) is 6.60. The molecule has 0 aliphatic heterocycles. The number of carbonyl (C=O) groups excluding carboxylic acids is 1. The van der Waals surface area contributed by atoms with Crippen LogP contribution in [0.25, 0.3) is 0 Å². The molecule has 1 aromatic heterocycles. The van der Waals surface area contributed by atoms with Crippen LogP contribution in [-0.4, -0.2) is 25.6 Å². The van der Waals surface area contributed by atoms with E-state index >= 15 is 0 Å². The molecule has 0 aliphatic carbocycles. The van der Waals surface area contributed by atoms with Crippen LogP contribution in [0.4, 0.5) is 8.78 Å². The molecule has 0 fully saturated rings. The Balaban J connectivity index is 2.19. The molecule has 0 radical (unpaired) electrons. The molecule has 23 heavy (non-hydrogen) atoms. The summed E-state index contributed by atoms with van der Waals surface area (Å²) in [6.07, 6.45) is 2.07. The molecule has 0 aliphatic rings. The summed E-state index contributed by atoms with van der Waals surface area (Å²) in [6.45, 7) is 1.60. The highest BCUT2D eigenvalue weighted by atomic mass is 32.2. The first-order valence-corrected chi connectivity index (χ1v) is 8.49. The molecule has 2 rings (SSSR count). The van der Waals surface area contributed by atoms with Gasteiger partial charge in [-0.1, -0.05) is 6.07 Å². The second kappa shape index (κ2) is 6.41. The number of halogens is 2. The smallest absolute Gasteiger partial charge is 0.251 e. The maximum Gasteiger partial charge on any atom is 0.251 e. The molecule has 0 bridgehead atoms. The standard InChI is InChI=1S/C15H14F2N2O3S/c1-9(19-15(20)11-5-6-18-14(17)8-11)10-3-4-13(12(16)7-10)23(2,21)22/h3-9H,1-2H3,(H,19,20)/t9-/m1/s1. The number of hydrogen-bond donors (Lipinski definition) is 1. The number of rotatable bonds is 4. The molecule has 0 saturated heterocycles. The zero-order valence-electron chi connectivity index (χ0n) is 12.4. The van der Waals surface area contributed by atoms with Gasteiger partial charge in [0.15, 0.2) is 9.84 Å². The molecule has 1 heterocycles. The molecule has 122 valence electrons. The normalized spacial score (nSPS) is 12.7. The zero-order chi connectivity index (χ0) is 17.2. The molecule has 0 saturated carbocycles. The molecule has 1 N–H and O–H groups in total. The third kappa shape index (κ3) is 4.10. The summed E-state index contributed by atoms with van der Waals surface area (Å²) in [7, 11) is -3.66. The highest BCUT2D eigenvalue weighted by Crippen LogP contribution is 2.20. The Kier molecular flexibility index (Phi) is 4.74. The fourth-order valence-corrected chi connectivity index (χ4v) is 2.72. The average Bonchev–Trinajstić information content (AvgIpc) is 2.45. The molecular formula is C15H14F2N2O3S. The Morgan fingerprint density at radius 3 is 2.48 bits per heavy atom. The SMILES string of the molecule is C[C@@H](NC(=O)c1ccnc(F)c1)c1ccc(S(C)(=O)=O)c(F)c1. The highest BCUT2D eigenvalue weighted by molar-refractivity contribution is 7.90. The van der Waals surface area contributed by atoms with E-state index in [0.717, 1.165) is 30.7 Å². The van der Waals surface area contributed by atoms with E-state index in [1.165, 1.54) is 12.1 Å². The Morgan fingerprint density at radius 2 is 1.91 bits per heavy atom. The van der Waals surface area contributed by atoms with E-state index in [9.17, 15) is 22.0 Å². The molecular weight excluding hydrogens is 326 g/mol. The quantitative estimate of drug-likeness (QED) is 0.866. The first-order chi connectivity index (χ1) is 10.7. The predicted molar refractivity (Wildman–Crippen MR) is 79.6 cm³/mol. The molecule has 8 heteroatoms. The average molecular weight is 340 g/mol. The molecule has 0 spiro atoms. The Labute approximate surface area is 132 Å². The van der Waals surface area contributed by atoms with Crippen LogP contribution in [0.1, 0.15) is 28.9 Å². The summed E-state index contributed by atoms with van der Waals surface area (Å²) in [5.74, 6) is -2.22. The maximum absolute atomic E-state index is 13.9. The minimum Gasteiger partial charge on any atom is -0.346 e. The molecule has 1 aromatic carbocycles. The van der Waals surface area contributed by atoms with Crippen LogP contribution in [0.2, 0.25) is 0 Å². The van der Waals surface area contributed by atoms with Gasteiger partial charge in [0.25, 0.3) is 5.91 Å². The number of benzene rings is 1. The van der Waals surface area contributed by atoms with E-state index in [0.29, 0.717) is 5.56 Å². The van der Waals surface area contributed by atoms with Gasteiger partial charge in [0.2, 0.25) is 5.95 Å². The lowest BCUT2D eigenvalue weighted by atomic mass is 10.1. The first kappa shape index (κ1) is 17.0. The topological polar surface area (TPSA) is 76.1 Å². The van der Waals surface area contributed by atoms with E-state index in [-0.39, 0.29) is 5.56 Å². The largest absolute Gasteiger partial charge is 0.346 e. The van der Waals surface area contributed by atoms with Crippen molar-refractivity contribution in [2.75, 3.05) is 6.26 Å². The van der Waals surface area contributed by atoms with Crippen molar-refractivity contribution in [3.63, 3.8) is 0 Å². The fraction of sp³-hybridized carbons (Fsp3) is 0.200. The molecule has 0 unspecified atom stereocenters. The highest BCUT2D eigenvalue weighted by Gasteiger charge is 2.17. The summed E-state index contributed by atoms with van der Waals surface area (Å²) in [5.41, 5.74) is 0.468. The Bertz CT molecular complexity index is 854. The Hall–Kier alpha value is -2.35. The molecule has 1 amide bonds. The van der Waals surface area contributed by atoms with Gasteiger partial charge in [-0.2, -0.15) is 4.39 Å². The third-order valence-electron chi connectivity index (χ3n) is 3.19. The van der Waals surface area contributed by atoms with Gasteiger partial charge < -0.3 is 5.32 Å². The van der Waals surface area contributed by atoms with Gasteiger partial charge in [0.1, 0.15) is 10.7 Å². The van der Waals surface area contributed by atoms with Crippen LogP contribution in [0.15, 0.2) is 41.4 Å². The van der Waals surface area contributed by atoms with Crippen LogP contribution >= 0.6 is 0 Å². The van der Waals surface area contributed by atoms with Crippen LogP contribution in [0.5, 0.6) is 0 Å². The lowest BCUT2D eigenvalue weighted by Crippen LogP contribution is -2.27. The van der Waals surface area contributed by atoms with Crippen LogP contribution in [0.3, 0.4) is 0 Å². The van der Waals surface area contributed by atoms with Crippen molar-refractivity contribution in [1.29, 1.82) is 0 Å². The molecule has 5 nitrogen and oxygen atoms in total. The Morgan fingerprint density at radius 1 is 1.22 bits per heavy atom. The summed E-state index contributed by atoms with van der Waals surface area (Å²) in [5, 5.41) is 2.58. The van der Waals surface area contributed by atoms with Crippen LogP contribution < -0.4 is 5.32 Å². The van der Waals surface area contributed by atoms with Crippen LogP contribution in [0, 0.1) is 11.8 Å². The van der Waals surface area contributed by atoms with Gasteiger partial charge in [0, 0.05) is 24.1 Å². The molecule has 2 aromatic rings. The summed E-state index contributed by atoms with van der Waals surface area (Å²) in [4.78, 5) is 14.9. The van der Waals surface area contributed by atoms with E-state index in [2.05, 4.69) is 10.3 Å². The van der Waals surface area contributed by atoms with Crippen LogP contribution in [-0.2, 0) is 9.84 Å². The third-order valence-corrected chi connectivity index (χ3v) is 4.32. The van der Waals surface area contributed by atoms with Gasteiger partial charge in [-0.15, -0.1) is 0 Å². The molecule has 1 atom stereocenters. The predicted octanol–water partition coefficient (Wildman–Crippen LogP) is 2.25. The van der Waals surface area contributed by atoms with Crippen molar-refractivity contribution in [3.8, 4) is 0 Å². The second-order valence-corrected chi connectivity index (χ2v) is 7.01. The van der Waals surface area contributed by atoms with Crippen molar-refractivity contribution in [2.45, 2.75) is 17.9 Å². The van der Waals surface area contributed by atoms with Gasteiger partial charge in [-0.25, -0.2) is 17.8 Å². The lowest BCUT2D eigenvalue weighted by Gasteiger charge is -2.15. The van der Waals surface area contributed by atoms with E-state index in [1.54, 1.807) is 6.92 Å². The number of hydrogen-bond acceptors (Lipinski definition) is 4. The van der Waals surface area contributed by atoms with Crippen molar-refractivity contribution >= 4 is 15.7 Å².